The van der Waals surface area contributed by atoms with E-state index in [1.54, 1.807) is 0 Å². The van der Waals surface area contributed by atoms with Crippen LogP contribution in [0.5, 0.6) is 0 Å². The van der Waals surface area contributed by atoms with Crippen molar-refractivity contribution in [3.63, 3.8) is 0 Å². The SMILES string of the molecule is CCCC[C@H](/C(=C/[C@H](C)O)Sc1ccc(C)cc1)C(C)C. The summed E-state index contributed by atoms with van der Waals surface area (Å²) in [5.74, 6) is 1.13. The molecular weight excluding hydrogens is 276 g/mol. The Bertz CT molecular complexity index is 431. The highest BCUT2D eigenvalue weighted by atomic mass is 32.2. The van der Waals surface area contributed by atoms with Crippen molar-refractivity contribution in [3.8, 4) is 0 Å². The molecule has 1 aromatic rings. The van der Waals surface area contributed by atoms with E-state index in [0.717, 1.165) is 0 Å². The van der Waals surface area contributed by atoms with Crippen LogP contribution in [0.1, 0.15) is 52.5 Å². The van der Waals surface area contributed by atoms with Gasteiger partial charge in [-0.2, -0.15) is 0 Å². The van der Waals surface area contributed by atoms with Crippen LogP contribution in [0.2, 0.25) is 0 Å². The quantitative estimate of drug-likeness (QED) is 0.611. The van der Waals surface area contributed by atoms with E-state index < -0.39 is 0 Å². The molecule has 0 aliphatic rings. The zero-order valence-electron chi connectivity index (χ0n) is 14.1. The van der Waals surface area contributed by atoms with Gasteiger partial charge in [0, 0.05) is 4.90 Å². The zero-order valence-corrected chi connectivity index (χ0v) is 14.9. The van der Waals surface area contributed by atoms with Crippen LogP contribution in [0.15, 0.2) is 40.1 Å². The van der Waals surface area contributed by atoms with Crippen LogP contribution in [-0.4, -0.2) is 11.2 Å². The van der Waals surface area contributed by atoms with E-state index in [1.165, 1.54) is 34.6 Å². The molecule has 0 amide bonds. The van der Waals surface area contributed by atoms with Gasteiger partial charge in [-0.05, 0) is 55.2 Å². The van der Waals surface area contributed by atoms with Crippen LogP contribution in [0.3, 0.4) is 0 Å². The molecule has 0 heterocycles. The summed E-state index contributed by atoms with van der Waals surface area (Å²) < 4.78 is 0. The summed E-state index contributed by atoms with van der Waals surface area (Å²) in [6, 6.07) is 8.65. The van der Waals surface area contributed by atoms with Crippen LogP contribution in [0, 0.1) is 18.8 Å². The maximum atomic E-state index is 9.81. The smallest absolute Gasteiger partial charge is 0.0703 e. The number of hydrogen-bond acceptors (Lipinski definition) is 2. The summed E-state index contributed by atoms with van der Waals surface area (Å²) in [6.45, 7) is 10.8. The lowest BCUT2D eigenvalue weighted by molar-refractivity contribution is 0.242. The molecule has 2 atom stereocenters. The largest absolute Gasteiger partial charge is 0.389 e. The Morgan fingerprint density at radius 3 is 2.29 bits per heavy atom. The van der Waals surface area contributed by atoms with Gasteiger partial charge in [-0.15, -0.1) is 0 Å². The Labute approximate surface area is 134 Å². The van der Waals surface area contributed by atoms with Crippen LogP contribution >= 0.6 is 11.8 Å². The number of thioether (sulfide) groups is 1. The van der Waals surface area contributed by atoms with Crippen LogP contribution in [0.4, 0.5) is 0 Å². The third-order valence-corrected chi connectivity index (χ3v) is 4.88. The molecule has 118 valence electrons. The molecule has 0 aliphatic heterocycles. The molecule has 0 bridgehead atoms. The Hall–Kier alpha value is -0.730. The number of aryl methyl sites for hydroxylation is 1. The minimum Gasteiger partial charge on any atom is -0.389 e. The second-order valence-corrected chi connectivity index (χ2v) is 7.36. The molecule has 0 radical (unpaired) electrons. The molecule has 2 heteroatoms. The summed E-state index contributed by atoms with van der Waals surface area (Å²) in [6.07, 6.45) is 5.31. The Morgan fingerprint density at radius 2 is 1.81 bits per heavy atom. The van der Waals surface area contributed by atoms with Crippen molar-refractivity contribution in [3.05, 3.63) is 40.8 Å². The van der Waals surface area contributed by atoms with Gasteiger partial charge in [0.1, 0.15) is 0 Å². The van der Waals surface area contributed by atoms with Gasteiger partial charge in [0.15, 0.2) is 0 Å². The normalized spacial score (nSPS) is 15.3. The number of allylic oxidation sites excluding steroid dienone is 1. The summed E-state index contributed by atoms with van der Waals surface area (Å²) in [5.41, 5.74) is 1.28. The Balaban J connectivity index is 2.95. The number of unbranched alkanes of at least 4 members (excludes halogenated alkanes) is 1. The van der Waals surface area contributed by atoms with Crippen LogP contribution in [-0.2, 0) is 0 Å². The lowest BCUT2D eigenvalue weighted by atomic mass is 9.89. The van der Waals surface area contributed by atoms with E-state index in [1.807, 2.05) is 24.8 Å². The maximum Gasteiger partial charge on any atom is 0.0703 e. The molecule has 1 aromatic carbocycles. The van der Waals surface area contributed by atoms with Gasteiger partial charge in [0.25, 0.3) is 0 Å². The molecular formula is C19H30OS. The first-order valence-electron chi connectivity index (χ1n) is 8.08. The van der Waals surface area contributed by atoms with Crippen molar-refractivity contribution >= 4 is 11.8 Å². The second kappa shape index (κ2) is 9.32. The summed E-state index contributed by atoms with van der Waals surface area (Å²) in [7, 11) is 0. The first kappa shape index (κ1) is 18.3. The summed E-state index contributed by atoms with van der Waals surface area (Å²) >= 11 is 1.81. The lowest BCUT2D eigenvalue weighted by Gasteiger charge is -2.24. The van der Waals surface area contributed by atoms with Crippen molar-refractivity contribution in [2.24, 2.45) is 11.8 Å². The fourth-order valence-corrected chi connectivity index (χ4v) is 3.79. The van der Waals surface area contributed by atoms with E-state index in [2.05, 4.69) is 52.0 Å². The fraction of sp³-hybridized carbons (Fsp3) is 0.579. The van der Waals surface area contributed by atoms with Gasteiger partial charge in [-0.25, -0.2) is 0 Å². The Morgan fingerprint density at radius 1 is 1.19 bits per heavy atom. The predicted octanol–water partition coefficient (Wildman–Crippen LogP) is 5.81. The lowest BCUT2D eigenvalue weighted by Crippen LogP contribution is -2.12. The molecule has 1 rings (SSSR count). The molecule has 21 heavy (non-hydrogen) atoms. The van der Waals surface area contributed by atoms with Crippen molar-refractivity contribution in [1.82, 2.24) is 0 Å². The van der Waals surface area contributed by atoms with E-state index >= 15 is 0 Å². The van der Waals surface area contributed by atoms with Crippen molar-refractivity contribution < 1.29 is 5.11 Å². The molecule has 0 spiro atoms. The topological polar surface area (TPSA) is 20.2 Å². The average molecular weight is 307 g/mol. The van der Waals surface area contributed by atoms with E-state index in [0.29, 0.717) is 11.8 Å². The highest BCUT2D eigenvalue weighted by Crippen LogP contribution is 2.38. The van der Waals surface area contributed by atoms with Crippen molar-refractivity contribution in [1.29, 1.82) is 0 Å². The Kier molecular flexibility index (Phi) is 8.13. The van der Waals surface area contributed by atoms with Gasteiger partial charge in [0.2, 0.25) is 0 Å². The van der Waals surface area contributed by atoms with Gasteiger partial charge < -0.3 is 5.11 Å². The maximum absolute atomic E-state index is 9.81. The zero-order chi connectivity index (χ0) is 15.8. The molecule has 1 N–H and O–H groups in total. The number of aliphatic hydroxyl groups excluding tert-OH is 1. The number of aliphatic hydroxyl groups is 1. The van der Waals surface area contributed by atoms with Gasteiger partial charge in [-0.1, -0.05) is 63.1 Å². The average Bonchev–Trinajstić information content (AvgIpc) is 2.40. The molecule has 0 saturated carbocycles. The van der Waals surface area contributed by atoms with Crippen LogP contribution in [0.25, 0.3) is 0 Å². The number of rotatable bonds is 8. The summed E-state index contributed by atoms with van der Waals surface area (Å²) in [5, 5.41) is 9.81. The molecule has 0 aromatic heterocycles. The van der Waals surface area contributed by atoms with E-state index in [-0.39, 0.29) is 6.10 Å². The molecule has 1 nitrogen and oxygen atoms in total. The number of benzene rings is 1. The highest BCUT2D eigenvalue weighted by Gasteiger charge is 2.19. The molecule has 0 fully saturated rings. The number of hydrogen-bond donors (Lipinski definition) is 1. The monoisotopic (exact) mass is 306 g/mol. The fourth-order valence-electron chi connectivity index (χ4n) is 2.44. The highest BCUT2D eigenvalue weighted by molar-refractivity contribution is 8.03. The third-order valence-electron chi connectivity index (χ3n) is 3.70. The van der Waals surface area contributed by atoms with Gasteiger partial charge in [-0.3, -0.25) is 0 Å². The first-order valence-corrected chi connectivity index (χ1v) is 8.90. The van der Waals surface area contributed by atoms with Gasteiger partial charge >= 0.3 is 0 Å². The molecule has 0 unspecified atom stereocenters. The van der Waals surface area contributed by atoms with Gasteiger partial charge in [0.05, 0.1) is 6.10 Å². The van der Waals surface area contributed by atoms with Crippen LogP contribution < -0.4 is 0 Å². The summed E-state index contributed by atoms with van der Waals surface area (Å²) in [4.78, 5) is 2.58. The standard InChI is InChI=1S/C19H30OS/c1-6-7-8-18(14(2)3)19(13-16(5)20)21-17-11-9-15(4)10-12-17/h9-14,16,18,20H,6-8H2,1-5H3/b19-13-/t16-,18-/m0/s1. The van der Waals surface area contributed by atoms with E-state index in [4.69, 9.17) is 0 Å². The second-order valence-electron chi connectivity index (χ2n) is 6.22. The minimum atomic E-state index is -0.388. The third kappa shape index (κ3) is 6.71. The molecule has 0 aliphatic carbocycles. The molecule has 0 saturated heterocycles. The minimum absolute atomic E-state index is 0.388. The van der Waals surface area contributed by atoms with Crippen molar-refractivity contribution in [2.75, 3.05) is 0 Å². The van der Waals surface area contributed by atoms with Crippen molar-refractivity contribution in [2.45, 2.75) is 64.9 Å². The predicted molar refractivity (Wildman–Crippen MR) is 94.7 cm³/mol. The van der Waals surface area contributed by atoms with E-state index in [9.17, 15) is 5.11 Å². The first-order chi connectivity index (χ1) is 9.93.